The fourth-order valence-electron chi connectivity index (χ4n) is 1.24. The molecule has 4 nitrogen and oxygen atoms in total. The second-order valence-electron chi connectivity index (χ2n) is 3.30. The Bertz CT molecular complexity index is 425. The lowest BCUT2D eigenvalue weighted by Crippen LogP contribution is -2.31. The smallest absolute Gasteiger partial charge is 0.465 e. The van der Waals surface area contributed by atoms with Crippen molar-refractivity contribution in [1.29, 1.82) is 0 Å². The minimum Gasteiger partial charge on any atom is -0.465 e. The zero-order valence-electron chi connectivity index (χ0n) is 9.16. The maximum atomic E-state index is 12.8. The molecule has 1 rings (SSSR count). The third-order valence-electron chi connectivity index (χ3n) is 1.99. The van der Waals surface area contributed by atoms with Crippen LogP contribution in [0.5, 0.6) is 5.75 Å². The van der Waals surface area contributed by atoms with E-state index in [1.165, 1.54) is 7.11 Å². The molecule has 18 heavy (non-hydrogen) atoms. The monoisotopic (exact) mass is 284 g/mol. The van der Waals surface area contributed by atoms with E-state index in [9.17, 15) is 13.2 Å². The molecule has 0 saturated carbocycles. The Hall–Kier alpha value is -0.955. The number of ether oxygens (including phenoxy) is 2. The molecular formula is C9H9BClF3O4. The standard InChI is InChI=1S/C9H9BClF3O4/c1-17-4-18-8-6(9(12,13)14)2-5(10(15)16)3-7(8)11/h2-3,15-16H,4H2,1H3. The first kappa shape index (κ1) is 15.1. The van der Waals surface area contributed by atoms with E-state index in [0.29, 0.717) is 6.07 Å². The molecule has 0 aliphatic carbocycles. The van der Waals surface area contributed by atoms with Crippen LogP contribution in [0.4, 0.5) is 13.2 Å². The number of methoxy groups -OCH3 is 1. The molecule has 0 bridgehead atoms. The van der Waals surface area contributed by atoms with Crippen LogP contribution >= 0.6 is 11.6 Å². The van der Waals surface area contributed by atoms with Crippen LogP contribution in [0.25, 0.3) is 0 Å². The van der Waals surface area contributed by atoms with Gasteiger partial charge < -0.3 is 19.5 Å². The predicted molar refractivity (Wildman–Crippen MR) is 58.8 cm³/mol. The van der Waals surface area contributed by atoms with Crippen molar-refractivity contribution in [1.82, 2.24) is 0 Å². The molecule has 0 radical (unpaired) electrons. The molecule has 0 aliphatic rings. The van der Waals surface area contributed by atoms with Gasteiger partial charge in [0.05, 0.1) is 10.6 Å². The van der Waals surface area contributed by atoms with Crippen molar-refractivity contribution in [2.75, 3.05) is 13.9 Å². The van der Waals surface area contributed by atoms with Gasteiger partial charge in [0.25, 0.3) is 0 Å². The largest absolute Gasteiger partial charge is 0.488 e. The Morgan fingerprint density at radius 3 is 2.39 bits per heavy atom. The van der Waals surface area contributed by atoms with Crippen molar-refractivity contribution in [3.8, 4) is 5.75 Å². The fourth-order valence-corrected chi connectivity index (χ4v) is 1.52. The molecule has 1 aromatic carbocycles. The van der Waals surface area contributed by atoms with Crippen molar-refractivity contribution in [3.63, 3.8) is 0 Å². The van der Waals surface area contributed by atoms with E-state index in [-0.39, 0.29) is 10.5 Å². The van der Waals surface area contributed by atoms with Gasteiger partial charge in [-0.15, -0.1) is 0 Å². The Morgan fingerprint density at radius 1 is 1.33 bits per heavy atom. The highest BCUT2D eigenvalue weighted by Gasteiger charge is 2.37. The Kier molecular flexibility index (Phi) is 4.86. The average Bonchev–Trinajstić information content (AvgIpc) is 2.25. The lowest BCUT2D eigenvalue weighted by Gasteiger charge is -2.16. The van der Waals surface area contributed by atoms with E-state index in [0.717, 1.165) is 6.07 Å². The minimum atomic E-state index is -4.74. The summed E-state index contributed by atoms with van der Waals surface area (Å²) in [7, 11) is -0.812. The van der Waals surface area contributed by atoms with Gasteiger partial charge in [0.15, 0.2) is 12.5 Å². The molecular weight excluding hydrogens is 275 g/mol. The SMILES string of the molecule is COCOc1c(Cl)cc(B(O)O)cc1C(F)(F)F. The molecule has 100 valence electrons. The first-order valence-corrected chi connectivity index (χ1v) is 5.03. The quantitative estimate of drug-likeness (QED) is 0.640. The second-order valence-corrected chi connectivity index (χ2v) is 3.71. The molecule has 0 saturated heterocycles. The second kappa shape index (κ2) is 5.79. The summed E-state index contributed by atoms with van der Waals surface area (Å²) in [6, 6.07) is 1.54. The number of halogens is 4. The maximum absolute atomic E-state index is 12.8. The summed E-state index contributed by atoms with van der Waals surface area (Å²) in [5.41, 5.74) is -1.58. The van der Waals surface area contributed by atoms with E-state index in [1.54, 1.807) is 0 Å². The molecule has 0 spiro atoms. The summed E-state index contributed by atoms with van der Waals surface area (Å²) in [5, 5.41) is 17.4. The van der Waals surface area contributed by atoms with Crippen LogP contribution in [0.1, 0.15) is 5.56 Å². The van der Waals surface area contributed by atoms with E-state index < -0.39 is 31.4 Å². The molecule has 2 N–H and O–H groups in total. The zero-order chi connectivity index (χ0) is 13.9. The van der Waals surface area contributed by atoms with Crippen molar-refractivity contribution in [3.05, 3.63) is 22.7 Å². The molecule has 9 heteroatoms. The summed E-state index contributed by atoms with van der Waals surface area (Å²) in [5.74, 6) is -0.615. The number of hydrogen-bond donors (Lipinski definition) is 2. The van der Waals surface area contributed by atoms with Gasteiger partial charge in [0.2, 0.25) is 0 Å². The number of rotatable bonds is 4. The van der Waals surface area contributed by atoms with Gasteiger partial charge in [-0.2, -0.15) is 13.2 Å². The Balaban J connectivity index is 3.31. The highest BCUT2D eigenvalue weighted by molar-refractivity contribution is 6.59. The van der Waals surface area contributed by atoms with Gasteiger partial charge in [0.1, 0.15) is 0 Å². The minimum absolute atomic E-state index is 0.378. The summed E-state index contributed by atoms with van der Waals surface area (Å²) in [6.45, 7) is -0.413. The zero-order valence-corrected chi connectivity index (χ0v) is 9.92. The molecule has 1 aromatic rings. The van der Waals surface area contributed by atoms with Crippen molar-refractivity contribution in [2.45, 2.75) is 6.18 Å². The summed E-state index contributed by atoms with van der Waals surface area (Å²) < 4.78 is 47.5. The van der Waals surface area contributed by atoms with Crippen LogP contribution in [-0.4, -0.2) is 31.1 Å². The van der Waals surface area contributed by atoms with Gasteiger partial charge in [-0.3, -0.25) is 0 Å². The third-order valence-corrected chi connectivity index (χ3v) is 2.27. The lowest BCUT2D eigenvalue weighted by molar-refractivity contribution is -0.139. The lowest BCUT2D eigenvalue weighted by atomic mass is 9.79. The third kappa shape index (κ3) is 3.52. The molecule has 0 amide bonds. The topological polar surface area (TPSA) is 58.9 Å². The maximum Gasteiger partial charge on any atom is 0.488 e. The first-order valence-electron chi connectivity index (χ1n) is 4.66. The summed E-state index contributed by atoms with van der Waals surface area (Å²) >= 11 is 5.62. The van der Waals surface area contributed by atoms with Crippen LogP contribution < -0.4 is 10.2 Å². The molecule has 0 fully saturated rings. The van der Waals surface area contributed by atoms with Gasteiger partial charge >= 0.3 is 13.3 Å². The number of benzene rings is 1. The Morgan fingerprint density at radius 2 is 1.94 bits per heavy atom. The van der Waals surface area contributed by atoms with E-state index in [4.69, 9.17) is 26.4 Å². The van der Waals surface area contributed by atoms with Crippen LogP contribution in [0.15, 0.2) is 12.1 Å². The number of hydrogen-bond acceptors (Lipinski definition) is 4. The van der Waals surface area contributed by atoms with Crippen LogP contribution in [0, 0.1) is 0 Å². The van der Waals surface area contributed by atoms with Crippen LogP contribution in [-0.2, 0) is 10.9 Å². The van der Waals surface area contributed by atoms with Gasteiger partial charge in [-0.05, 0) is 17.6 Å². The normalized spacial score (nSPS) is 11.5. The van der Waals surface area contributed by atoms with Crippen LogP contribution in [0.3, 0.4) is 0 Å². The molecule has 0 aromatic heterocycles. The number of alkyl halides is 3. The van der Waals surface area contributed by atoms with Gasteiger partial charge in [-0.25, -0.2) is 0 Å². The highest BCUT2D eigenvalue weighted by atomic mass is 35.5. The highest BCUT2D eigenvalue weighted by Crippen LogP contribution is 2.39. The Labute approximate surface area is 106 Å². The molecule has 0 atom stereocenters. The predicted octanol–water partition coefficient (Wildman–Crippen LogP) is 1.02. The van der Waals surface area contributed by atoms with E-state index in [1.807, 2.05) is 0 Å². The average molecular weight is 284 g/mol. The summed E-state index contributed by atoms with van der Waals surface area (Å²) in [6.07, 6.45) is -4.74. The van der Waals surface area contributed by atoms with E-state index >= 15 is 0 Å². The molecule has 0 heterocycles. The first-order chi connectivity index (χ1) is 8.27. The fraction of sp³-hybridized carbons (Fsp3) is 0.333. The van der Waals surface area contributed by atoms with Gasteiger partial charge in [-0.1, -0.05) is 11.6 Å². The van der Waals surface area contributed by atoms with Crippen molar-refractivity contribution in [2.24, 2.45) is 0 Å². The summed E-state index contributed by atoms with van der Waals surface area (Å²) in [4.78, 5) is 0. The van der Waals surface area contributed by atoms with E-state index in [2.05, 4.69) is 4.74 Å². The van der Waals surface area contributed by atoms with Crippen molar-refractivity contribution >= 4 is 24.2 Å². The van der Waals surface area contributed by atoms with Crippen LogP contribution in [0.2, 0.25) is 5.02 Å². The van der Waals surface area contributed by atoms with Gasteiger partial charge in [0, 0.05) is 7.11 Å². The molecule has 0 aliphatic heterocycles. The van der Waals surface area contributed by atoms with Crippen molar-refractivity contribution < 1.29 is 32.7 Å². The molecule has 0 unspecified atom stereocenters.